The summed E-state index contributed by atoms with van der Waals surface area (Å²) in [5.41, 5.74) is 2.15. The Morgan fingerprint density at radius 2 is 2.29 bits per heavy atom. The van der Waals surface area contributed by atoms with Gasteiger partial charge in [-0.1, -0.05) is 0 Å². The second-order valence-electron chi connectivity index (χ2n) is 2.91. The highest BCUT2D eigenvalue weighted by atomic mass is 32.1. The van der Waals surface area contributed by atoms with Gasteiger partial charge >= 0.3 is 0 Å². The predicted octanol–water partition coefficient (Wildman–Crippen LogP) is 3.25. The molecule has 0 atom stereocenters. The van der Waals surface area contributed by atoms with Gasteiger partial charge in [-0.25, -0.2) is 4.98 Å². The normalized spacial score (nSPS) is 10.0. The van der Waals surface area contributed by atoms with Crippen LogP contribution in [-0.2, 0) is 6.42 Å². The highest BCUT2D eigenvalue weighted by molar-refractivity contribution is 7.11. The fraction of sp³-hybridized carbons (Fsp3) is 0.200. The van der Waals surface area contributed by atoms with E-state index in [0.717, 1.165) is 16.3 Å². The third kappa shape index (κ3) is 1.84. The van der Waals surface area contributed by atoms with Crippen LogP contribution in [0.3, 0.4) is 0 Å². The molecular weight excluding hydrogens is 212 g/mol. The van der Waals surface area contributed by atoms with Crippen LogP contribution in [0.5, 0.6) is 0 Å². The quantitative estimate of drug-likeness (QED) is 0.779. The van der Waals surface area contributed by atoms with Crippen molar-refractivity contribution in [1.29, 1.82) is 5.26 Å². The van der Waals surface area contributed by atoms with E-state index in [-0.39, 0.29) is 0 Å². The third-order valence-electron chi connectivity index (χ3n) is 1.81. The number of nitriles is 1. The average molecular weight is 220 g/mol. The van der Waals surface area contributed by atoms with Gasteiger partial charge in [0.05, 0.1) is 18.2 Å². The fourth-order valence-electron chi connectivity index (χ4n) is 1.17. The van der Waals surface area contributed by atoms with E-state index in [1.54, 1.807) is 22.7 Å². The first kappa shape index (κ1) is 9.38. The number of aryl methyl sites for hydroxylation is 1. The van der Waals surface area contributed by atoms with Crippen LogP contribution >= 0.6 is 22.7 Å². The van der Waals surface area contributed by atoms with E-state index in [4.69, 9.17) is 5.26 Å². The molecule has 0 amide bonds. The SMILES string of the molecule is Cc1cc(-c2csc(CC#N)n2)cs1. The van der Waals surface area contributed by atoms with Crippen LogP contribution in [0.4, 0.5) is 0 Å². The van der Waals surface area contributed by atoms with Crippen LogP contribution in [0.25, 0.3) is 11.3 Å². The molecule has 2 rings (SSSR count). The minimum atomic E-state index is 0.411. The summed E-state index contributed by atoms with van der Waals surface area (Å²) in [6, 6.07) is 4.23. The molecule has 0 bridgehead atoms. The summed E-state index contributed by atoms with van der Waals surface area (Å²) in [5, 5.41) is 13.5. The molecule has 0 N–H and O–H groups in total. The molecule has 0 aliphatic carbocycles. The number of thiophene rings is 1. The van der Waals surface area contributed by atoms with E-state index in [0.29, 0.717) is 6.42 Å². The lowest BCUT2D eigenvalue weighted by atomic mass is 10.2. The topological polar surface area (TPSA) is 36.7 Å². The van der Waals surface area contributed by atoms with Gasteiger partial charge < -0.3 is 0 Å². The molecule has 0 radical (unpaired) electrons. The van der Waals surface area contributed by atoms with Crippen molar-refractivity contribution in [2.75, 3.05) is 0 Å². The van der Waals surface area contributed by atoms with Crippen molar-refractivity contribution >= 4 is 22.7 Å². The summed E-state index contributed by atoms with van der Waals surface area (Å²) in [6.07, 6.45) is 0.411. The highest BCUT2D eigenvalue weighted by Gasteiger charge is 2.05. The largest absolute Gasteiger partial charge is 0.240 e. The summed E-state index contributed by atoms with van der Waals surface area (Å²) in [5.74, 6) is 0. The number of aromatic nitrogens is 1. The molecule has 4 heteroatoms. The van der Waals surface area contributed by atoms with Gasteiger partial charge in [0.2, 0.25) is 0 Å². The molecule has 0 saturated carbocycles. The summed E-state index contributed by atoms with van der Waals surface area (Å²) in [7, 11) is 0. The first-order valence-corrected chi connectivity index (χ1v) is 5.92. The Labute approximate surface area is 90.5 Å². The van der Waals surface area contributed by atoms with Crippen LogP contribution in [0.15, 0.2) is 16.8 Å². The highest BCUT2D eigenvalue weighted by Crippen LogP contribution is 2.26. The third-order valence-corrected chi connectivity index (χ3v) is 3.52. The van der Waals surface area contributed by atoms with E-state index in [1.165, 1.54) is 4.88 Å². The lowest BCUT2D eigenvalue weighted by Gasteiger charge is -1.87. The standard InChI is InChI=1S/C10H8N2S2/c1-7-4-8(5-13-7)9-6-14-10(12-9)2-3-11/h4-6H,2H2,1H3. The second kappa shape index (κ2) is 3.91. The Morgan fingerprint density at radius 3 is 2.93 bits per heavy atom. The zero-order valence-electron chi connectivity index (χ0n) is 7.65. The minimum Gasteiger partial charge on any atom is -0.240 e. The Hall–Kier alpha value is -1.18. The van der Waals surface area contributed by atoms with E-state index in [9.17, 15) is 0 Å². The van der Waals surface area contributed by atoms with Crippen molar-refractivity contribution in [2.45, 2.75) is 13.3 Å². The van der Waals surface area contributed by atoms with Crippen LogP contribution < -0.4 is 0 Å². The molecule has 2 aromatic heterocycles. The van der Waals surface area contributed by atoms with Gasteiger partial charge in [0.15, 0.2) is 0 Å². The molecule has 0 saturated heterocycles. The Balaban J connectivity index is 2.30. The first-order valence-electron chi connectivity index (χ1n) is 4.16. The average Bonchev–Trinajstić information content (AvgIpc) is 2.74. The van der Waals surface area contributed by atoms with Crippen LogP contribution in [0, 0.1) is 18.3 Å². The van der Waals surface area contributed by atoms with Crippen molar-refractivity contribution in [3.05, 3.63) is 26.7 Å². The van der Waals surface area contributed by atoms with Crippen molar-refractivity contribution in [1.82, 2.24) is 4.98 Å². The fourth-order valence-corrected chi connectivity index (χ4v) is 2.60. The van der Waals surface area contributed by atoms with Crippen LogP contribution in [-0.4, -0.2) is 4.98 Å². The number of thiazole rings is 1. The minimum absolute atomic E-state index is 0.411. The zero-order valence-corrected chi connectivity index (χ0v) is 9.28. The number of rotatable bonds is 2. The zero-order chi connectivity index (χ0) is 9.97. The monoisotopic (exact) mass is 220 g/mol. The van der Waals surface area contributed by atoms with E-state index < -0.39 is 0 Å². The van der Waals surface area contributed by atoms with Crippen molar-refractivity contribution in [3.63, 3.8) is 0 Å². The lowest BCUT2D eigenvalue weighted by Crippen LogP contribution is -1.79. The molecule has 14 heavy (non-hydrogen) atoms. The van der Waals surface area contributed by atoms with Gasteiger partial charge in [-0.2, -0.15) is 5.26 Å². The molecule has 70 valence electrons. The van der Waals surface area contributed by atoms with Crippen molar-refractivity contribution < 1.29 is 0 Å². The maximum absolute atomic E-state index is 8.52. The lowest BCUT2D eigenvalue weighted by molar-refractivity contribution is 1.19. The smallest absolute Gasteiger partial charge is 0.107 e. The molecule has 0 spiro atoms. The number of nitrogens with zero attached hydrogens (tertiary/aromatic N) is 2. The van der Waals surface area contributed by atoms with Crippen LogP contribution in [0.2, 0.25) is 0 Å². The number of hydrogen-bond acceptors (Lipinski definition) is 4. The molecule has 0 unspecified atom stereocenters. The molecule has 0 aliphatic heterocycles. The molecular formula is C10H8N2S2. The Bertz CT molecular complexity index is 476. The van der Waals surface area contributed by atoms with Gasteiger partial charge in [-0.3, -0.25) is 0 Å². The van der Waals surface area contributed by atoms with Gasteiger partial charge in [-0.05, 0) is 13.0 Å². The van der Waals surface area contributed by atoms with Crippen molar-refractivity contribution in [3.8, 4) is 17.3 Å². The van der Waals surface area contributed by atoms with E-state index in [1.807, 2.05) is 5.38 Å². The van der Waals surface area contributed by atoms with Gasteiger partial charge in [-0.15, -0.1) is 22.7 Å². The van der Waals surface area contributed by atoms with Gasteiger partial charge in [0, 0.05) is 21.2 Å². The first-order chi connectivity index (χ1) is 6.79. The van der Waals surface area contributed by atoms with E-state index >= 15 is 0 Å². The van der Waals surface area contributed by atoms with Crippen LogP contribution in [0.1, 0.15) is 9.88 Å². The number of hydrogen-bond donors (Lipinski definition) is 0. The summed E-state index contributed by atoms with van der Waals surface area (Å²) >= 11 is 3.27. The summed E-state index contributed by atoms with van der Waals surface area (Å²) < 4.78 is 0. The Morgan fingerprint density at radius 1 is 1.43 bits per heavy atom. The van der Waals surface area contributed by atoms with E-state index in [2.05, 4.69) is 29.4 Å². The second-order valence-corrected chi connectivity index (χ2v) is 4.97. The predicted molar refractivity (Wildman–Crippen MR) is 59.5 cm³/mol. The maximum atomic E-state index is 8.52. The van der Waals surface area contributed by atoms with Crippen molar-refractivity contribution in [2.24, 2.45) is 0 Å². The summed E-state index contributed by atoms with van der Waals surface area (Å²) in [6.45, 7) is 2.08. The molecule has 0 aromatic carbocycles. The van der Waals surface area contributed by atoms with Gasteiger partial charge in [0.25, 0.3) is 0 Å². The molecule has 0 fully saturated rings. The van der Waals surface area contributed by atoms with Gasteiger partial charge in [0.1, 0.15) is 5.01 Å². The molecule has 2 nitrogen and oxygen atoms in total. The summed E-state index contributed by atoms with van der Waals surface area (Å²) in [4.78, 5) is 5.67. The molecule has 2 heterocycles. The Kier molecular flexibility index (Phi) is 2.62. The molecule has 2 aromatic rings. The molecule has 0 aliphatic rings. The maximum Gasteiger partial charge on any atom is 0.107 e.